The van der Waals surface area contributed by atoms with E-state index in [1.165, 1.54) is 42.2 Å². The Kier molecular flexibility index (Phi) is 4.60. The van der Waals surface area contributed by atoms with Crippen molar-refractivity contribution < 1.29 is 0 Å². The van der Waals surface area contributed by atoms with E-state index in [-0.39, 0.29) is 0 Å². The molecule has 1 aliphatic rings. The predicted octanol–water partition coefficient (Wildman–Crippen LogP) is 3.05. The van der Waals surface area contributed by atoms with Crippen molar-refractivity contribution in [2.45, 2.75) is 32.7 Å². The quantitative estimate of drug-likeness (QED) is 0.886. The van der Waals surface area contributed by atoms with Gasteiger partial charge in [-0.2, -0.15) is 0 Å². The van der Waals surface area contributed by atoms with Crippen molar-refractivity contribution in [3.63, 3.8) is 0 Å². The predicted molar refractivity (Wildman–Crippen MR) is 75.7 cm³/mol. The van der Waals surface area contributed by atoms with Gasteiger partial charge in [-0.15, -0.1) is 11.3 Å². The Balaban J connectivity index is 1.88. The van der Waals surface area contributed by atoms with Gasteiger partial charge in [-0.05, 0) is 64.9 Å². The van der Waals surface area contributed by atoms with Gasteiger partial charge in [-0.25, -0.2) is 0 Å². The Morgan fingerprint density at radius 1 is 1.41 bits per heavy atom. The zero-order valence-electron chi connectivity index (χ0n) is 11.2. The average Bonchev–Trinajstić information content (AvgIpc) is 2.76. The van der Waals surface area contributed by atoms with Crippen LogP contribution in [-0.4, -0.2) is 31.6 Å². The molecule has 0 radical (unpaired) electrons. The highest BCUT2D eigenvalue weighted by molar-refractivity contribution is 7.12. The van der Waals surface area contributed by atoms with Gasteiger partial charge < -0.3 is 5.32 Å². The molecule has 1 unspecified atom stereocenters. The van der Waals surface area contributed by atoms with Crippen molar-refractivity contribution in [2.24, 2.45) is 5.92 Å². The summed E-state index contributed by atoms with van der Waals surface area (Å²) in [4.78, 5) is 5.43. The molecule has 0 aromatic carbocycles. The van der Waals surface area contributed by atoms with E-state index in [0.29, 0.717) is 6.04 Å². The molecular formula is C14H24N2S. The summed E-state index contributed by atoms with van der Waals surface area (Å²) < 4.78 is 0. The summed E-state index contributed by atoms with van der Waals surface area (Å²) in [6.07, 6.45) is 2.67. The third-order valence-electron chi connectivity index (χ3n) is 3.84. The van der Waals surface area contributed by atoms with Gasteiger partial charge in [0.1, 0.15) is 0 Å². The van der Waals surface area contributed by atoms with Gasteiger partial charge in [0.15, 0.2) is 0 Å². The summed E-state index contributed by atoms with van der Waals surface area (Å²) in [6.45, 7) is 8.15. The minimum absolute atomic E-state index is 0.559. The van der Waals surface area contributed by atoms with Crippen LogP contribution in [0.25, 0.3) is 0 Å². The Morgan fingerprint density at radius 2 is 2.12 bits per heavy atom. The average molecular weight is 252 g/mol. The topological polar surface area (TPSA) is 15.3 Å². The second kappa shape index (κ2) is 5.98. The lowest BCUT2D eigenvalue weighted by molar-refractivity contribution is 0.199. The van der Waals surface area contributed by atoms with Gasteiger partial charge in [0.25, 0.3) is 0 Å². The van der Waals surface area contributed by atoms with Crippen molar-refractivity contribution in [3.05, 3.63) is 21.9 Å². The maximum Gasteiger partial charge on any atom is 0.0410 e. The maximum absolute atomic E-state index is 3.44. The Morgan fingerprint density at radius 3 is 2.71 bits per heavy atom. The molecule has 1 aliphatic heterocycles. The molecule has 0 spiro atoms. The third kappa shape index (κ3) is 3.54. The fourth-order valence-corrected chi connectivity index (χ4v) is 3.52. The summed E-state index contributed by atoms with van der Waals surface area (Å²) in [5.74, 6) is 0.879. The first kappa shape index (κ1) is 13.1. The molecular weight excluding hydrogens is 228 g/mol. The number of nitrogens with one attached hydrogen (secondary N) is 1. The summed E-state index contributed by atoms with van der Waals surface area (Å²) >= 11 is 1.93. The number of hydrogen-bond donors (Lipinski definition) is 1. The Labute approximate surface area is 109 Å². The van der Waals surface area contributed by atoms with Crippen LogP contribution >= 0.6 is 11.3 Å². The van der Waals surface area contributed by atoms with Crippen LogP contribution in [0.5, 0.6) is 0 Å². The van der Waals surface area contributed by atoms with Crippen molar-refractivity contribution in [3.8, 4) is 0 Å². The zero-order valence-corrected chi connectivity index (χ0v) is 12.0. The molecule has 1 N–H and O–H groups in total. The minimum atomic E-state index is 0.559. The van der Waals surface area contributed by atoms with Crippen LogP contribution in [0.3, 0.4) is 0 Å². The van der Waals surface area contributed by atoms with Crippen LogP contribution in [0, 0.1) is 12.8 Å². The van der Waals surface area contributed by atoms with Gasteiger partial charge in [-0.1, -0.05) is 0 Å². The molecule has 0 amide bonds. The van der Waals surface area contributed by atoms with E-state index in [0.717, 1.165) is 5.92 Å². The van der Waals surface area contributed by atoms with E-state index in [2.05, 4.69) is 43.2 Å². The first-order chi connectivity index (χ1) is 8.16. The van der Waals surface area contributed by atoms with Gasteiger partial charge >= 0.3 is 0 Å². The minimum Gasteiger partial charge on any atom is -0.317 e. The largest absolute Gasteiger partial charge is 0.317 e. The third-order valence-corrected chi connectivity index (χ3v) is 5.01. The molecule has 0 saturated carbocycles. The lowest BCUT2D eigenvalue weighted by Crippen LogP contribution is -2.35. The summed E-state index contributed by atoms with van der Waals surface area (Å²) in [5, 5.41) is 3.44. The van der Waals surface area contributed by atoms with E-state index in [1.54, 1.807) is 0 Å². The van der Waals surface area contributed by atoms with Crippen LogP contribution in [-0.2, 0) is 0 Å². The zero-order chi connectivity index (χ0) is 12.3. The number of hydrogen-bond acceptors (Lipinski definition) is 3. The van der Waals surface area contributed by atoms with Crippen molar-refractivity contribution in [2.75, 3.05) is 26.7 Å². The lowest BCUT2D eigenvalue weighted by atomic mass is 9.97. The summed E-state index contributed by atoms with van der Waals surface area (Å²) in [5.41, 5.74) is 0. The van der Waals surface area contributed by atoms with Gasteiger partial charge in [0.2, 0.25) is 0 Å². The second-order valence-electron chi connectivity index (χ2n) is 5.26. The van der Waals surface area contributed by atoms with E-state index in [1.807, 2.05) is 11.3 Å². The summed E-state index contributed by atoms with van der Waals surface area (Å²) in [7, 11) is 2.27. The summed E-state index contributed by atoms with van der Waals surface area (Å²) in [6, 6.07) is 5.07. The molecule has 0 aliphatic carbocycles. The van der Waals surface area contributed by atoms with E-state index in [9.17, 15) is 0 Å². The molecule has 96 valence electrons. The number of thiophene rings is 1. The number of aryl methyl sites for hydroxylation is 1. The van der Waals surface area contributed by atoms with E-state index >= 15 is 0 Å². The van der Waals surface area contributed by atoms with Gasteiger partial charge in [0.05, 0.1) is 0 Å². The molecule has 1 aromatic heterocycles. The van der Waals surface area contributed by atoms with Crippen molar-refractivity contribution in [1.29, 1.82) is 0 Å². The van der Waals surface area contributed by atoms with Crippen LogP contribution in [0.2, 0.25) is 0 Å². The van der Waals surface area contributed by atoms with Gasteiger partial charge in [0, 0.05) is 22.3 Å². The molecule has 1 atom stereocenters. The van der Waals surface area contributed by atoms with Gasteiger partial charge in [-0.3, -0.25) is 4.90 Å². The standard InChI is InChI=1S/C14H24N2S/c1-11-4-5-14(17-11)12(2)16(3)10-13-6-8-15-9-7-13/h4-5,12-13,15H,6-10H2,1-3H3. The monoisotopic (exact) mass is 252 g/mol. The first-order valence-corrected chi connectivity index (χ1v) is 7.45. The highest BCUT2D eigenvalue weighted by Gasteiger charge is 2.19. The fraction of sp³-hybridized carbons (Fsp3) is 0.714. The maximum atomic E-state index is 3.44. The SMILES string of the molecule is Cc1ccc(C(C)N(C)CC2CCNCC2)s1. The lowest BCUT2D eigenvalue weighted by Gasteiger charge is -2.30. The van der Waals surface area contributed by atoms with E-state index < -0.39 is 0 Å². The van der Waals surface area contributed by atoms with Crippen LogP contribution in [0.1, 0.15) is 35.6 Å². The molecule has 2 heterocycles. The van der Waals surface area contributed by atoms with Crippen LogP contribution in [0.4, 0.5) is 0 Å². The Hall–Kier alpha value is -0.380. The second-order valence-corrected chi connectivity index (χ2v) is 6.58. The molecule has 1 fully saturated rings. The molecule has 1 aromatic rings. The highest BCUT2D eigenvalue weighted by atomic mass is 32.1. The van der Waals surface area contributed by atoms with Crippen molar-refractivity contribution in [1.82, 2.24) is 10.2 Å². The molecule has 3 heteroatoms. The molecule has 2 nitrogen and oxygen atoms in total. The molecule has 17 heavy (non-hydrogen) atoms. The molecule has 1 saturated heterocycles. The fourth-order valence-electron chi connectivity index (χ4n) is 2.52. The van der Waals surface area contributed by atoms with Crippen molar-refractivity contribution >= 4 is 11.3 Å². The van der Waals surface area contributed by atoms with Crippen LogP contribution < -0.4 is 5.32 Å². The van der Waals surface area contributed by atoms with E-state index in [4.69, 9.17) is 0 Å². The smallest absolute Gasteiger partial charge is 0.0410 e. The van der Waals surface area contributed by atoms with Crippen LogP contribution in [0.15, 0.2) is 12.1 Å². The number of piperidine rings is 1. The highest BCUT2D eigenvalue weighted by Crippen LogP contribution is 2.27. The molecule has 2 rings (SSSR count). The number of rotatable bonds is 4. The molecule has 0 bridgehead atoms. The first-order valence-electron chi connectivity index (χ1n) is 6.64. The Bertz CT molecular complexity index is 342. The number of nitrogens with zero attached hydrogens (tertiary/aromatic N) is 1. The normalized spacial score (nSPS) is 19.8.